The van der Waals surface area contributed by atoms with Gasteiger partial charge in [0.05, 0.1) is 7.11 Å². The van der Waals surface area contributed by atoms with Crippen LogP contribution < -0.4 is 5.32 Å². The zero-order valence-electron chi connectivity index (χ0n) is 9.66. The van der Waals surface area contributed by atoms with E-state index in [-0.39, 0.29) is 5.97 Å². The van der Waals surface area contributed by atoms with Crippen molar-refractivity contribution in [3.8, 4) is 0 Å². The fraction of sp³-hybridized carbons (Fsp3) is 0.750. The first-order chi connectivity index (χ1) is 7.24. The highest BCUT2D eigenvalue weighted by atomic mass is 16.5. The molecule has 1 rings (SSSR count). The fourth-order valence-electron chi connectivity index (χ4n) is 2.11. The van der Waals surface area contributed by atoms with E-state index in [2.05, 4.69) is 17.0 Å². The van der Waals surface area contributed by atoms with Gasteiger partial charge in [0.2, 0.25) is 0 Å². The van der Waals surface area contributed by atoms with Gasteiger partial charge < -0.3 is 10.1 Å². The summed E-state index contributed by atoms with van der Waals surface area (Å²) in [5.74, 6) is 0.444. The first kappa shape index (κ1) is 12.1. The molecule has 1 fully saturated rings. The Balaban J connectivity index is 2.25. The highest BCUT2D eigenvalue weighted by Gasteiger charge is 2.18. The van der Waals surface area contributed by atoms with Crippen LogP contribution in [-0.2, 0) is 9.53 Å². The van der Waals surface area contributed by atoms with Crippen LogP contribution in [0.2, 0.25) is 0 Å². The van der Waals surface area contributed by atoms with Crippen molar-refractivity contribution in [3.63, 3.8) is 0 Å². The van der Waals surface area contributed by atoms with Crippen LogP contribution in [0.5, 0.6) is 0 Å². The third-order valence-electron chi connectivity index (χ3n) is 3.14. The summed E-state index contributed by atoms with van der Waals surface area (Å²) in [5, 5.41) is 3.24. The summed E-state index contributed by atoms with van der Waals surface area (Å²) < 4.78 is 4.51. The number of rotatable bonds is 4. The van der Waals surface area contributed by atoms with E-state index in [1.54, 1.807) is 6.20 Å². The lowest BCUT2D eigenvalue weighted by atomic mass is 9.85. The number of esters is 1. The van der Waals surface area contributed by atoms with E-state index in [4.69, 9.17) is 0 Å². The molecule has 1 unspecified atom stereocenters. The third kappa shape index (κ3) is 4.36. The Labute approximate surface area is 91.9 Å². The topological polar surface area (TPSA) is 38.3 Å². The van der Waals surface area contributed by atoms with Crippen LogP contribution in [0.25, 0.3) is 0 Å². The molecular formula is C12H21NO2. The lowest BCUT2D eigenvalue weighted by molar-refractivity contribution is -0.134. The van der Waals surface area contributed by atoms with Crippen molar-refractivity contribution in [3.05, 3.63) is 12.3 Å². The predicted molar refractivity (Wildman–Crippen MR) is 60.3 cm³/mol. The van der Waals surface area contributed by atoms with Crippen LogP contribution in [-0.4, -0.2) is 19.1 Å². The van der Waals surface area contributed by atoms with Gasteiger partial charge in [-0.3, -0.25) is 0 Å². The molecule has 0 spiro atoms. The summed E-state index contributed by atoms with van der Waals surface area (Å²) in [7, 11) is 1.39. The Morgan fingerprint density at radius 1 is 1.40 bits per heavy atom. The molecule has 0 radical (unpaired) electrons. The highest BCUT2D eigenvalue weighted by Crippen LogP contribution is 2.26. The molecule has 0 bridgehead atoms. The highest BCUT2D eigenvalue weighted by molar-refractivity contribution is 5.81. The molecule has 1 aliphatic carbocycles. The summed E-state index contributed by atoms with van der Waals surface area (Å²) in [5.41, 5.74) is 0. The second-order valence-electron chi connectivity index (χ2n) is 4.21. The Morgan fingerprint density at radius 3 is 2.67 bits per heavy atom. The van der Waals surface area contributed by atoms with Gasteiger partial charge in [-0.1, -0.05) is 19.3 Å². The lowest BCUT2D eigenvalue weighted by Crippen LogP contribution is -2.31. The van der Waals surface area contributed by atoms with Gasteiger partial charge in [-0.15, -0.1) is 0 Å². The molecule has 0 aromatic rings. The normalized spacial score (nSPS) is 20.1. The van der Waals surface area contributed by atoms with Crippen LogP contribution in [0, 0.1) is 5.92 Å². The van der Waals surface area contributed by atoms with Gasteiger partial charge >= 0.3 is 5.97 Å². The van der Waals surface area contributed by atoms with Gasteiger partial charge in [0, 0.05) is 18.3 Å². The molecule has 3 nitrogen and oxygen atoms in total. The molecule has 86 valence electrons. The average Bonchev–Trinajstić information content (AvgIpc) is 2.29. The van der Waals surface area contributed by atoms with E-state index < -0.39 is 0 Å². The average molecular weight is 211 g/mol. The minimum Gasteiger partial charge on any atom is -0.466 e. The van der Waals surface area contributed by atoms with Crippen LogP contribution >= 0.6 is 0 Å². The Kier molecular flexibility index (Phi) is 5.22. The molecule has 1 aliphatic rings. The first-order valence-corrected chi connectivity index (χ1v) is 5.74. The molecule has 0 aromatic heterocycles. The van der Waals surface area contributed by atoms with E-state index >= 15 is 0 Å². The fourth-order valence-corrected chi connectivity index (χ4v) is 2.11. The molecule has 1 saturated carbocycles. The number of hydrogen-bond acceptors (Lipinski definition) is 3. The number of carbonyl (C=O) groups excluding carboxylic acids is 1. The maximum atomic E-state index is 10.8. The summed E-state index contributed by atoms with van der Waals surface area (Å²) in [6.07, 6.45) is 9.81. The molecule has 0 aliphatic heterocycles. The molecular weight excluding hydrogens is 190 g/mol. The van der Waals surface area contributed by atoms with Crippen molar-refractivity contribution in [2.75, 3.05) is 7.11 Å². The quantitative estimate of drug-likeness (QED) is 0.572. The zero-order chi connectivity index (χ0) is 11.1. The molecule has 3 heteroatoms. The Morgan fingerprint density at radius 2 is 2.07 bits per heavy atom. The largest absolute Gasteiger partial charge is 0.466 e. The van der Waals surface area contributed by atoms with Gasteiger partial charge in [-0.25, -0.2) is 4.79 Å². The molecule has 0 heterocycles. The van der Waals surface area contributed by atoms with Gasteiger partial charge in [0.1, 0.15) is 0 Å². The second kappa shape index (κ2) is 6.49. The maximum absolute atomic E-state index is 10.8. The van der Waals surface area contributed by atoms with Crippen molar-refractivity contribution in [1.82, 2.24) is 5.32 Å². The lowest BCUT2D eigenvalue weighted by Gasteiger charge is -2.27. The summed E-state index contributed by atoms with van der Waals surface area (Å²) >= 11 is 0. The summed E-state index contributed by atoms with van der Waals surface area (Å²) in [4.78, 5) is 10.8. The number of hydrogen-bond donors (Lipinski definition) is 1. The Hall–Kier alpha value is -0.990. The second-order valence-corrected chi connectivity index (χ2v) is 4.21. The standard InChI is InChI=1S/C12H21NO2/c1-10(11-6-4-3-5-7-11)13-9-8-12(14)15-2/h8-11,13H,3-7H2,1-2H3/b9-8+. The minimum absolute atomic E-state index is 0.307. The van der Waals surface area contributed by atoms with Crippen molar-refractivity contribution < 1.29 is 9.53 Å². The minimum atomic E-state index is -0.307. The smallest absolute Gasteiger partial charge is 0.331 e. The first-order valence-electron chi connectivity index (χ1n) is 5.74. The van der Waals surface area contributed by atoms with Gasteiger partial charge in [-0.2, -0.15) is 0 Å². The predicted octanol–water partition coefficient (Wildman–Crippen LogP) is 2.23. The molecule has 1 N–H and O–H groups in total. The number of ether oxygens (including phenoxy) is 1. The number of carbonyl (C=O) groups is 1. The number of nitrogens with one attached hydrogen (secondary N) is 1. The zero-order valence-corrected chi connectivity index (χ0v) is 9.66. The van der Waals surface area contributed by atoms with Gasteiger partial charge in [0.15, 0.2) is 0 Å². The molecule has 1 atom stereocenters. The number of methoxy groups -OCH3 is 1. The van der Waals surface area contributed by atoms with Crippen LogP contribution in [0.3, 0.4) is 0 Å². The van der Waals surface area contributed by atoms with Crippen molar-refractivity contribution in [2.24, 2.45) is 5.92 Å². The maximum Gasteiger partial charge on any atom is 0.331 e. The van der Waals surface area contributed by atoms with E-state index in [9.17, 15) is 4.79 Å². The SMILES string of the molecule is COC(=O)/C=C/NC(C)C1CCCCC1. The van der Waals surface area contributed by atoms with Crippen molar-refractivity contribution in [2.45, 2.75) is 45.1 Å². The van der Waals surface area contributed by atoms with E-state index in [0.717, 1.165) is 5.92 Å². The third-order valence-corrected chi connectivity index (χ3v) is 3.14. The molecule has 15 heavy (non-hydrogen) atoms. The van der Waals surface area contributed by atoms with Crippen LogP contribution in [0.4, 0.5) is 0 Å². The van der Waals surface area contributed by atoms with Crippen LogP contribution in [0.1, 0.15) is 39.0 Å². The molecule has 0 aromatic carbocycles. The summed E-state index contributed by atoms with van der Waals surface area (Å²) in [6, 6.07) is 0.450. The van der Waals surface area contributed by atoms with Gasteiger partial charge in [-0.05, 0) is 25.7 Å². The summed E-state index contributed by atoms with van der Waals surface area (Å²) in [6.45, 7) is 2.18. The van der Waals surface area contributed by atoms with Crippen molar-refractivity contribution >= 4 is 5.97 Å². The molecule has 0 saturated heterocycles. The van der Waals surface area contributed by atoms with E-state index in [1.165, 1.54) is 45.3 Å². The monoisotopic (exact) mass is 211 g/mol. The Bertz CT molecular complexity index is 220. The molecule has 0 amide bonds. The van der Waals surface area contributed by atoms with Gasteiger partial charge in [0.25, 0.3) is 0 Å². The van der Waals surface area contributed by atoms with E-state index in [1.807, 2.05) is 0 Å². The van der Waals surface area contributed by atoms with E-state index in [0.29, 0.717) is 6.04 Å². The van der Waals surface area contributed by atoms with Crippen molar-refractivity contribution in [1.29, 1.82) is 0 Å². The van der Waals surface area contributed by atoms with Crippen LogP contribution in [0.15, 0.2) is 12.3 Å².